The minimum Gasteiger partial charge on any atom is -0.305 e. The summed E-state index contributed by atoms with van der Waals surface area (Å²) < 4.78 is 12.9. The summed E-state index contributed by atoms with van der Waals surface area (Å²) in [6, 6.07) is 15.4. The van der Waals surface area contributed by atoms with Crippen LogP contribution in [0.2, 0.25) is 0 Å². The van der Waals surface area contributed by atoms with E-state index >= 15 is 0 Å². The third-order valence-electron chi connectivity index (χ3n) is 3.33. The molecule has 1 aliphatic heterocycles. The Balaban J connectivity index is 1.80. The van der Waals surface area contributed by atoms with Crippen LogP contribution in [0.4, 0.5) is 9.18 Å². The molecule has 0 unspecified atom stereocenters. The van der Waals surface area contributed by atoms with E-state index in [2.05, 4.69) is 5.32 Å². The first kappa shape index (κ1) is 14.4. The first-order chi connectivity index (χ1) is 10.6. The predicted molar refractivity (Wildman–Crippen MR) is 87.5 cm³/mol. The fourth-order valence-electron chi connectivity index (χ4n) is 2.21. The Hall–Kier alpha value is -2.53. The number of nitrogens with zero attached hydrogens (tertiary/aromatic N) is 1. The number of carbonyl (C=O) groups excluding carboxylic acids is 1. The Morgan fingerprint density at radius 1 is 1.09 bits per heavy atom. The van der Waals surface area contributed by atoms with Gasteiger partial charge in [-0.15, -0.1) is 0 Å². The van der Waals surface area contributed by atoms with Crippen LogP contribution in [0.5, 0.6) is 0 Å². The van der Waals surface area contributed by atoms with E-state index in [-0.39, 0.29) is 11.8 Å². The van der Waals surface area contributed by atoms with Gasteiger partial charge in [0.15, 0.2) is 0 Å². The smallest absolute Gasteiger partial charge is 0.305 e. The zero-order chi connectivity index (χ0) is 15.5. The van der Waals surface area contributed by atoms with Crippen LogP contribution < -0.4 is 5.32 Å². The SMILES string of the molecule is O=C1N/C(=C/c2ccc(F)cc2)C(=S)N1Cc1ccccc1. The van der Waals surface area contributed by atoms with E-state index in [1.54, 1.807) is 18.2 Å². The number of hydrogen-bond acceptors (Lipinski definition) is 2. The van der Waals surface area contributed by atoms with Crippen molar-refractivity contribution in [3.8, 4) is 0 Å². The highest BCUT2D eigenvalue weighted by Crippen LogP contribution is 2.18. The average molecular weight is 312 g/mol. The number of nitrogens with one attached hydrogen (secondary N) is 1. The fourth-order valence-corrected chi connectivity index (χ4v) is 2.46. The Morgan fingerprint density at radius 3 is 2.45 bits per heavy atom. The lowest BCUT2D eigenvalue weighted by Crippen LogP contribution is -2.29. The molecule has 0 aromatic heterocycles. The highest BCUT2D eigenvalue weighted by molar-refractivity contribution is 7.80. The zero-order valence-electron chi connectivity index (χ0n) is 11.6. The van der Waals surface area contributed by atoms with Crippen LogP contribution in [0.1, 0.15) is 11.1 Å². The van der Waals surface area contributed by atoms with Crippen molar-refractivity contribution in [2.45, 2.75) is 6.54 Å². The molecule has 0 aliphatic carbocycles. The summed E-state index contributed by atoms with van der Waals surface area (Å²) in [5.74, 6) is -0.300. The van der Waals surface area contributed by atoms with Gasteiger partial charge < -0.3 is 5.32 Å². The van der Waals surface area contributed by atoms with Crippen LogP contribution in [0.25, 0.3) is 6.08 Å². The van der Waals surface area contributed by atoms with Gasteiger partial charge in [0, 0.05) is 0 Å². The number of halogens is 1. The van der Waals surface area contributed by atoms with Gasteiger partial charge in [0.25, 0.3) is 0 Å². The summed E-state index contributed by atoms with van der Waals surface area (Å²) in [5.41, 5.74) is 2.34. The Labute approximate surface area is 133 Å². The topological polar surface area (TPSA) is 32.3 Å². The molecule has 2 aromatic rings. The molecule has 5 heteroatoms. The standard InChI is InChI=1S/C17H13FN2OS/c18-14-8-6-12(7-9-14)10-15-16(22)20(17(21)19-15)11-13-4-2-1-3-5-13/h1-10H,11H2,(H,19,21)/b15-10+. The molecule has 1 fully saturated rings. The van der Waals surface area contributed by atoms with Crippen LogP contribution in [-0.2, 0) is 6.54 Å². The van der Waals surface area contributed by atoms with Gasteiger partial charge in [-0.2, -0.15) is 0 Å². The maximum Gasteiger partial charge on any atom is 0.327 e. The van der Waals surface area contributed by atoms with Crippen molar-refractivity contribution in [3.63, 3.8) is 0 Å². The normalized spacial score (nSPS) is 16.2. The molecule has 0 spiro atoms. The van der Waals surface area contributed by atoms with Crippen LogP contribution in [0.15, 0.2) is 60.3 Å². The van der Waals surface area contributed by atoms with E-state index in [1.807, 2.05) is 30.3 Å². The summed E-state index contributed by atoms with van der Waals surface area (Å²) in [6.07, 6.45) is 1.74. The van der Waals surface area contributed by atoms with Gasteiger partial charge in [-0.05, 0) is 29.3 Å². The van der Waals surface area contributed by atoms with Gasteiger partial charge in [0.1, 0.15) is 10.8 Å². The van der Waals surface area contributed by atoms with Gasteiger partial charge in [-0.25, -0.2) is 9.18 Å². The molecule has 2 amide bonds. The monoisotopic (exact) mass is 312 g/mol. The van der Waals surface area contributed by atoms with Gasteiger partial charge in [0.2, 0.25) is 0 Å². The molecule has 1 aliphatic rings. The first-order valence-corrected chi connectivity index (χ1v) is 7.18. The molecular weight excluding hydrogens is 299 g/mol. The lowest BCUT2D eigenvalue weighted by molar-refractivity contribution is 0.228. The van der Waals surface area contributed by atoms with Gasteiger partial charge in [-0.1, -0.05) is 54.7 Å². The zero-order valence-corrected chi connectivity index (χ0v) is 12.4. The lowest BCUT2D eigenvalue weighted by Gasteiger charge is -2.13. The molecule has 2 aromatic carbocycles. The molecule has 3 rings (SSSR count). The first-order valence-electron chi connectivity index (χ1n) is 6.77. The van der Waals surface area contributed by atoms with Gasteiger partial charge >= 0.3 is 6.03 Å². The number of amides is 2. The average Bonchev–Trinajstić information content (AvgIpc) is 2.78. The fraction of sp³-hybridized carbons (Fsp3) is 0.0588. The van der Waals surface area contributed by atoms with E-state index in [1.165, 1.54) is 17.0 Å². The maximum atomic E-state index is 12.9. The Kier molecular flexibility index (Phi) is 3.98. The highest BCUT2D eigenvalue weighted by atomic mass is 32.1. The lowest BCUT2D eigenvalue weighted by atomic mass is 10.2. The van der Waals surface area contributed by atoms with E-state index in [0.29, 0.717) is 17.2 Å². The number of carbonyl (C=O) groups is 1. The van der Waals surface area contributed by atoms with Crippen LogP contribution in [0.3, 0.4) is 0 Å². The van der Waals surface area contributed by atoms with Crippen molar-refractivity contribution in [1.29, 1.82) is 0 Å². The van der Waals surface area contributed by atoms with Crippen molar-refractivity contribution >= 4 is 29.3 Å². The van der Waals surface area contributed by atoms with E-state index in [4.69, 9.17) is 12.2 Å². The second kappa shape index (κ2) is 6.07. The molecule has 1 heterocycles. The van der Waals surface area contributed by atoms with Gasteiger partial charge in [-0.3, -0.25) is 4.90 Å². The van der Waals surface area contributed by atoms with Crippen molar-refractivity contribution in [1.82, 2.24) is 10.2 Å². The van der Waals surface area contributed by atoms with E-state index in [0.717, 1.165) is 11.1 Å². The van der Waals surface area contributed by atoms with E-state index in [9.17, 15) is 9.18 Å². The number of benzene rings is 2. The third-order valence-corrected chi connectivity index (χ3v) is 3.77. The maximum absolute atomic E-state index is 12.9. The molecule has 1 N–H and O–H groups in total. The molecule has 110 valence electrons. The summed E-state index contributed by atoms with van der Waals surface area (Å²) in [5, 5.41) is 2.75. The second-order valence-electron chi connectivity index (χ2n) is 4.92. The van der Waals surface area contributed by atoms with Crippen LogP contribution in [-0.4, -0.2) is 15.9 Å². The number of urea groups is 1. The molecule has 0 atom stereocenters. The number of rotatable bonds is 3. The van der Waals surface area contributed by atoms with Crippen molar-refractivity contribution in [3.05, 3.63) is 77.2 Å². The predicted octanol–water partition coefficient (Wildman–Crippen LogP) is 3.72. The third kappa shape index (κ3) is 3.04. The molecule has 0 radical (unpaired) electrons. The van der Waals surface area contributed by atoms with Crippen LogP contribution in [0, 0.1) is 5.82 Å². The molecule has 0 saturated carbocycles. The number of hydrogen-bond donors (Lipinski definition) is 1. The van der Waals surface area contributed by atoms with E-state index < -0.39 is 0 Å². The van der Waals surface area contributed by atoms with Crippen LogP contribution >= 0.6 is 12.2 Å². The Morgan fingerprint density at radius 2 is 1.77 bits per heavy atom. The molecule has 3 nitrogen and oxygen atoms in total. The molecule has 0 bridgehead atoms. The molecular formula is C17H13FN2OS. The minimum absolute atomic E-state index is 0.248. The quantitative estimate of drug-likeness (QED) is 0.692. The van der Waals surface area contributed by atoms with Crippen molar-refractivity contribution in [2.75, 3.05) is 0 Å². The van der Waals surface area contributed by atoms with Crippen molar-refractivity contribution in [2.24, 2.45) is 0 Å². The van der Waals surface area contributed by atoms with Crippen molar-refractivity contribution < 1.29 is 9.18 Å². The highest BCUT2D eigenvalue weighted by Gasteiger charge is 2.29. The largest absolute Gasteiger partial charge is 0.327 e. The second-order valence-corrected chi connectivity index (χ2v) is 5.30. The summed E-state index contributed by atoms with van der Waals surface area (Å²) in [7, 11) is 0. The number of thiocarbonyl (C=S) groups is 1. The summed E-state index contributed by atoms with van der Waals surface area (Å²) in [4.78, 5) is 14.0. The van der Waals surface area contributed by atoms with Gasteiger partial charge in [0.05, 0.1) is 12.2 Å². The minimum atomic E-state index is -0.300. The Bertz CT molecular complexity index is 741. The molecule has 22 heavy (non-hydrogen) atoms. The molecule has 1 saturated heterocycles. The summed E-state index contributed by atoms with van der Waals surface area (Å²) in [6.45, 7) is 0.423. The summed E-state index contributed by atoms with van der Waals surface area (Å²) >= 11 is 5.36.